The van der Waals surface area contributed by atoms with Crippen LogP contribution in [0.5, 0.6) is 0 Å². The molecule has 2 aromatic carbocycles. The van der Waals surface area contributed by atoms with Gasteiger partial charge in [-0.2, -0.15) is 0 Å². The summed E-state index contributed by atoms with van der Waals surface area (Å²) in [5, 5.41) is 15.6. The van der Waals surface area contributed by atoms with Gasteiger partial charge in [0.1, 0.15) is 5.82 Å². The number of aliphatic hydroxyl groups excluding tert-OH is 1. The van der Waals surface area contributed by atoms with E-state index in [4.69, 9.17) is 5.11 Å². The summed E-state index contributed by atoms with van der Waals surface area (Å²) in [6.45, 7) is 5.63. The molecule has 0 fully saturated rings. The summed E-state index contributed by atoms with van der Waals surface area (Å²) in [4.78, 5) is 4.52. The van der Waals surface area contributed by atoms with E-state index in [0.29, 0.717) is 24.6 Å². The van der Waals surface area contributed by atoms with E-state index in [9.17, 15) is 4.39 Å². The Kier molecular flexibility index (Phi) is 6.75. The van der Waals surface area contributed by atoms with Gasteiger partial charge in [0.25, 0.3) is 0 Å². The second-order valence-corrected chi connectivity index (χ2v) is 5.56. The van der Waals surface area contributed by atoms with Crippen molar-refractivity contribution in [3.8, 4) is 0 Å². The molecule has 0 aliphatic carbocycles. The van der Waals surface area contributed by atoms with Crippen LogP contribution >= 0.6 is 0 Å². The molecule has 2 aromatic rings. The number of nitrogens with one attached hydrogen (secondary N) is 2. The largest absolute Gasteiger partial charge is 0.392 e. The third kappa shape index (κ3) is 5.06. The lowest BCUT2D eigenvalue weighted by Gasteiger charge is -2.13. The molecule has 3 N–H and O–H groups in total. The Labute approximate surface area is 142 Å². The Hall–Kier alpha value is -2.40. The first-order valence-electron chi connectivity index (χ1n) is 8.09. The van der Waals surface area contributed by atoms with Crippen LogP contribution < -0.4 is 10.6 Å². The number of aliphatic imine (C=N–C) groups is 1. The standard InChI is InChI=1S/C19H24FN3O/c1-3-21-19(23-12-16-7-5-4-6-14(16)2)22-11-15-8-9-18(20)17(10-15)13-24/h4-10,24H,3,11-13H2,1-2H3,(H2,21,22,23). The minimum Gasteiger partial charge on any atom is -0.392 e. The molecule has 0 spiro atoms. The van der Waals surface area contributed by atoms with Crippen molar-refractivity contribution in [2.75, 3.05) is 6.54 Å². The van der Waals surface area contributed by atoms with Crippen molar-refractivity contribution >= 4 is 5.96 Å². The summed E-state index contributed by atoms with van der Waals surface area (Å²) in [7, 11) is 0. The first-order valence-corrected chi connectivity index (χ1v) is 8.09. The van der Waals surface area contributed by atoms with Crippen LogP contribution in [0.3, 0.4) is 0 Å². The zero-order valence-corrected chi connectivity index (χ0v) is 14.1. The van der Waals surface area contributed by atoms with Crippen molar-refractivity contribution in [2.24, 2.45) is 4.99 Å². The molecule has 5 heteroatoms. The molecule has 0 aliphatic heterocycles. The molecule has 4 nitrogen and oxygen atoms in total. The number of aliphatic hydroxyl groups is 1. The number of nitrogens with zero attached hydrogens (tertiary/aromatic N) is 1. The van der Waals surface area contributed by atoms with E-state index in [1.807, 2.05) is 19.1 Å². The molecular weight excluding hydrogens is 305 g/mol. The maximum Gasteiger partial charge on any atom is 0.191 e. The van der Waals surface area contributed by atoms with Crippen molar-refractivity contribution in [3.63, 3.8) is 0 Å². The summed E-state index contributed by atoms with van der Waals surface area (Å²) >= 11 is 0. The highest BCUT2D eigenvalue weighted by Crippen LogP contribution is 2.11. The molecule has 0 bridgehead atoms. The smallest absolute Gasteiger partial charge is 0.191 e. The number of rotatable bonds is 6. The van der Waals surface area contributed by atoms with Crippen LogP contribution in [0.2, 0.25) is 0 Å². The van der Waals surface area contributed by atoms with Crippen LogP contribution in [0.1, 0.15) is 29.2 Å². The highest BCUT2D eigenvalue weighted by molar-refractivity contribution is 5.79. The summed E-state index contributed by atoms with van der Waals surface area (Å²) < 4.78 is 13.4. The van der Waals surface area contributed by atoms with Gasteiger partial charge in [-0.25, -0.2) is 9.38 Å². The summed E-state index contributed by atoms with van der Waals surface area (Å²) in [5.41, 5.74) is 3.59. The second kappa shape index (κ2) is 9.03. The second-order valence-electron chi connectivity index (χ2n) is 5.56. The van der Waals surface area contributed by atoms with Gasteiger partial charge < -0.3 is 15.7 Å². The number of hydrogen-bond donors (Lipinski definition) is 3. The molecule has 0 saturated heterocycles. The fourth-order valence-corrected chi connectivity index (χ4v) is 2.35. The van der Waals surface area contributed by atoms with E-state index < -0.39 is 5.82 Å². The van der Waals surface area contributed by atoms with Crippen molar-refractivity contribution in [1.29, 1.82) is 0 Å². The molecular formula is C19H24FN3O. The van der Waals surface area contributed by atoms with Crippen LogP contribution in [0, 0.1) is 12.7 Å². The normalized spacial score (nSPS) is 11.4. The Morgan fingerprint density at radius 1 is 1.12 bits per heavy atom. The Balaban J connectivity index is 2.04. The Morgan fingerprint density at radius 3 is 2.62 bits per heavy atom. The van der Waals surface area contributed by atoms with Crippen LogP contribution in [-0.4, -0.2) is 17.6 Å². The maximum absolute atomic E-state index is 13.4. The first-order chi connectivity index (χ1) is 11.6. The molecule has 0 amide bonds. The third-order valence-electron chi connectivity index (χ3n) is 3.75. The van der Waals surface area contributed by atoms with E-state index in [1.165, 1.54) is 17.2 Å². The summed E-state index contributed by atoms with van der Waals surface area (Å²) in [5.74, 6) is 0.311. The van der Waals surface area contributed by atoms with Crippen molar-refractivity contribution < 1.29 is 9.50 Å². The first kappa shape index (κ1) is 17.9. The van der Waals surface area contributed by atoms with Crippen LogP contribution in [0.4, 0.5) is 4.39 Å². The van der Waals surface area contributed by atoms with Gasteiger partial charge in [0.05, 0.1) is 13.2 Å². The van der Waals surface area contributed by atoms with Gasteiger partial charge in [-0.1, -0.05) is 30.3 Å². The number of aryl methyl sites for hydroxylation is 1. The SMILES string of the molecule is CCNC(=NCc1ccc(F)c(CO)c1)NCc1ccccc1C. The van der Waals surface area contributed by atoms with Gasteiger partial charge in [0.15, 0.2) is 5.96 Å². The van der Waals surface area contributed by atoms with Gasteiger partial charge in [-0.05, 0) is 42.7 Å². The predicted molar refractivity (Wildman–Crippen MR) is 95.2 cm³/mol. The topological polar surface area (TPSA) is 56.7 Å². The average molecular weight is 329 g/mol. The number of hydrogen-bond acceptors (Lipinski definition) is 2. The van der Waals surface area contributed by atoms with Crippen molar-refractivity contribution in [2.45, 2.75) is 33.5 Å². The average Bonchev–Trinajstić information content (AvgIpc) is 2.59. The molecule has 0 aromatic heterocycles. The number of guanidine groups is 1. The lowest BCUT2D eigenvalue weighted by atomic mass is 10.1. The zero-order valence-electron chi connectivity index (χ0n) is 14.1. The molecule has 2 rings (SSSR count). The summed E-state index contributed by atoms with van der Waals surface area (Å²) in [6.07, 6.45) is 0. The molecule has 0 atom stereocenters. The molecule has 128 valence electrons. The van der Waals surface area contributed by atoms with E-state index >= 15 is 0 Å². The van der Waals surface area contributed by atoms with Crippen molar-refractivity contribution in [3.05, 3.63) is 70.5 Å². The summed E-state index contributed by atoms with van der Waals surface area (Å²) in [6, 6.07) is 12.9. The van der Waals surface area contributed by atoms with Gasteiger partial charge >= 0.3 is 0 Å². The minimum atomic E-state index is -0.394. The van der Waals surface area contributed by atoms with Gasteiger partial charge in [-0.15, -0.1) is 0 Å². The van der Waals surface area contributed by atoms with E-state index in [0.717, 1.165) is 12.1 Å². The molecule has 0 radical (unpaired) electrons. The van der Waals surface area contributed by atoms with Gasteiger partial charge in [-0.3, -0.25) is 0 Å². The quantitative estimate of drug-likeness (QED) is 0.564. The van der Waals surface area contributed by atoms with E-state index in [-0.39, 0.29) is 6.61 Å². The third-order valence-corrected chi connectivity index (χ3v) is 3.75. The van der Waals surface area contributed by atoms with Crippen LogP contribution in [0.25, 0.3) is 0 Å². The lowest BCUT2D eigenvalue weighted by molar-refractivity contribution is 0.275. The van der Waals surface area contributed by atoms with E-state index in [1.54, 1.807) is 12.1 Å². The fourth-order valence-electron chi connectivity index (χ4n) is 2.35. The predicted octanol–water partition coefficient (Wildman–Crippen LogP) is 2.88. The number of halogens is 1. The maximum atomic E-state index is 13.4. The molecule has 24 heavy (non-hydrogen) atoms. The van der Waals surface area contributed by atoms with Gasteiger partial charge in [0, 0.05) is 18.7 Å². The van der Waals surface area contributed by atoms with E-state index in [2.05, 4.69) is 34.7 Å². The van der Waals surface area contributed by atoms with Crippen LogP contribution in [-0.2, 0) is 19.7 Å². The fraction of sp³-hybridized carbons (Fsp3) is 0.316. The highest BCUT2D eigenvalue weighted by Gasteiger charge is 2.04. The Bertz CT molecular complexity index is 701. The number of benzene rings is 2. The van der Waals surface area contributed by atoms with Gasteiger partial charge in [0.2, 0.25) is 0 Å². The molecule has 0 heterocycles. The highest BCUT2D eigenvalue weighted by atomic mass is 19.1. The lowest BCUT2D eigenvalue weighted by Crippen LogP contribution is -2.36. The van der Waals surface area contributed by atoms with Crippen molar-refractivity contribution in [1.82, 2.24) is 10.6 Å². The minimum absolute atomic E-state index is 0.292. The monoisotopic (exact) mass is 329 g/mol. The molecule has 0 aliphatic rings. The molecule has 0 saturated carbocycles. The van der Waals surface area contributed by atoms with Crippen LogP contribution in [0.15, 0.2) is 47.5 Å². The Morgan fingerprint density at radius 2 is 1.92 bits per heavy atom. The zero-order chi connectivity index (χ0) is 17.4. The molecule has 0 unspecified atom stereocenters.